The number of hydrogen-bond acceptors (Lipinski definition) is 3. The van der Waals surface area contributed by atoms with Crippen LogP contribution < -0.4 is 5.32 Å². The number of rotatable bonds is 3. The molecule has 1 aliphatic carbocycles. The van der Waals surface area contributed by atoms with Crippen molar-refractivity contribution in [3.8, 4) is 0 Å². The number of carboxylic acid groups (broad SMARTS) is 1. The third-order valence-electron chi connectivity index (χ3n) is 4.11. The predicted octanol–water partition coefficient (Wildman–Crippen LogP) is 0.164. The summed E-state index contributed by atoms with van der Waals surface area (Å²) in [4.78, 5) is 25.2. The number of carboxylic acids is 1. The van der Waals surface area contributed by atoms with E-state index in [9.17, 15) is 9.59 Å². The molecule has 2 rings (SSSR count). The van der Waals surface area contributed by atoms with Gasteiger partial charge in [-0.05, 0) is 25.4 Å². The van der Waals surface area contributed by atoms with Gasteiger partial charge in [0.15, 0.2) is 0 Å². The Labute approximate surface area is 101 Å². The Morgan fingerprint density at radius 2 is 2.00 bits per heavy atom. The van der Waals surface area contributed by atoms with Gasteiger partial charge in [-0.3, -0.25) is 9.59 Å². The van der Waals surface area contributed by atoms with Gasteiger partial charge < -0.3 is 15.3 Å². The second-order valence-electron chi connectivity index (χ2n) is 5.87. The largest absolute Gasteiger partial charge is 0.481 e. The molecule has 2 fully saturated rings. The van der Waals surface area contributed by atoms with Crippen LogP contribution in [0, 0.1) is 17.3 Å². The number of aliphatic carboxylic acids is 1. The summed E-state index contributed by atoms with van der Waals surface area (Å²) in [5.41, 5.74) is -0.402. The van der Waals surface area contributed by atoms with E-state index in [4.69, 9.17) is 5.11 Å². The first-order valence-electron chi connectivity index (χ1n) is 6.05. The Morgan fingerprint density at radius 3 is 2.41 bits per heavy atom. The first kappa shape index (κ1) is 12.4. The summed E-state index contributed by atoms with van der Waals surface area (Å²) in [6.45, 7) is 5.53. The SMILES string of the molecule is CN1CCC(NC(=O)C2C(C(=O)O)C2(C)C)C1. The number of hydrogen-bond donors (Lipinski definition) is 2. The fourth-order valence-corrected chi connectivity index (χ4v) is 2.93. The van der Waals surface area contributed by atoms with Crippen LogP contribution in [0.5, 0.6) is 0 Å². The lowest BCUT2D eigenvalue weighted by Crippen LogP contribution is -2.38. The van der Waals surface area contributed by atoms with E-state index in [2.05, 4.69) is 10.2 Å². The number of carbonyl (C=O) groups is 2. The molecule has 0 bridgehead atoms. The molecule has 1 aliphatic heterocycles. The van der Waals surface area contributed by atoms with Crippen molar-refractivity contribution in [3.63, 3.8) is 0 Å². The highest BCUT2D eigenvalue weighted by atomic mass is 16.4. The van der Waals surface area contributed by atoms with Gasteiger partial charge in [-0.1, -0.05) is 13.8 Å². The third-order valence-corrected chi connectivity index (χ3v) is 4.11. The number of amides is 1. The van der Waals surface area contributed by atoms with Crippen LogP contribution in [-0.2, 0) is 9.59 Å². The van der Waals surface area contributed by atoms with Crippen LogP contribution in [0.25, 0.3) is 0 Å². The van der Waals surface area contributed by atoms with Gasteiger partial charge >= 0.3 is 5.97 Å². The maximum atomic E-state index is 12.0. The zero-order chi connectivity index (χ0) is 12.8. The van der Waals surface area contributed by atoms with Gasteiger partial charge in [0.05, 0.1) is 11.8 Å². The lowest BCUT2D eigenvalue weighted by Gasteiger charge is -2.13. The van der Waals surface area contributed by atoms with Crippen molar-refractivity contribution < 1.29 is 14.7 Å². The molecule has 0 radical (unpaired) electrons. The van der Waals surface area contributed by atoms with Crippen LogP contribution in [0.2, 0.25) is 0 Å². The average Bonchev–Trinajstić information content (AvgIpc) is 2.54. The molecule has 3 unspecified atom stereocenters. The Kier molecular flexibility index (Phi) is 2.89. The van der Waals surface area contributed by atoms with E-state index in [1.54, 1.807) is 0 Å². The van der Waals surface area contributed by atoms with Gasteiger partial charge in [0.2, 0.25) is 5.91 Å². The van der Waals surface area contributed by atoms with Gasteiger partial charge in [-0.15, -0.1) is 0 Å². The van der Waals surface area contributed by atoms with Crippen molar-refractivity contribution in [1.29, 1.82) is 0 Å². The summed E-state index contributed by atoms with van der Waals surface area (Å²) in [7, 11) is 2.02. The molecule has 2 N–H and O–H groups in total. The smallest absolute Gasteiger partial charge is 0.307 e. The fourth-order valence-electron chi connectivity index (χ4n) is 2.93. The van der Waals surface area contributed by atoms with E-state index in [1.807, 2.05) is 20.9 Å². The van der Waals surface area contributed by atoms with Gasteiger partial charge in [-0.25, -0.2) is 0 Å². The van der Waals surface area contributed by atoms with E-state index in [1.165, 1.54) is 0 Å². The first-order valence-corrected chi connectivity index (χ1v) is 6.05. The summed E-state index contributed by atoms with van der Waals surface area (Å²) in [6, 6.07) is 0.179. The molecule has 1 saturated heterocycles. The molecule has 5 nitrogen and oxygen atoms in total. The molecular formula is C12H20N2O3. The fraction of sp³-hybridized carbons (Fsp3) is 0.833. The quantitative estimate of drug-likeness (QED) is 0.737. The monoisotopic (exact) mass is 240 g/mol. The molecule has 5 heteroatoms. The van der Waals surface area contributed by atoms with Crippen LogP contribution in [0.15, 0.2) is 0 Å². The Bertz CT molecular complexity index is 354. The summed E-state index contributed by atoms with van der Waals surface area (Å²) < 4.78 is 0. The lowest BCUT2D eigenvalue weighted by molar-refractivity contribution is -0.140. The molecule has 1 saturated carbocycles. The lowest BCUT2D eigenvalue weighted by atomic mass is 10.1. The Hall–Kier alpha value is -1.10. The van der Waals surface area contributed by atoms with Crippen molar-refractivity contribution in [3.05, 3.63) is 0 Å². The third kappa shape index (κ3) is 2.16. The molecule has 0 spiro atoms. The minimum atomic E-state index is -0.862. The van der Waals surface area contributed by atoms with E-state index in [0.29, 0.717) is 0 Å². The minimum absolute atomic E-state index is 0.0947. The second-order valence-corrected chi connectivity index (χ2v) is 5.87. The van der Waals surface area contributed by atoms with Crippen LogP contribution in [0.4, 0.5) is 0 Å². The van der Waals surface area contributed by atoms with Crippen molar-refractivity contribution in [1.82, 2.24) is 10.2 Å². The zero-order valence-corrected chi connectivity index (χ0v) is 10.6. The van der Waals surface area contributed by atoms with Crippen LogP contribution >= 0.6 is 0 Å². The molecular weight excluding hydrogens is 220 g/mol. The van der Waals surface area contributed by atoms with Crippen molar-refractivity contribution in [2.75, 3.05) is 20.1 Å². The van der Waals surface area contributed by atoms with Crippen molar-refractivity contribution in [2.24, 2.45) is 17.3 Å². The molecule has 1 heterocycles. The molecule has 3 atom stereocenters. The number of likely N-dealkylation sites (tertiary alicyclic amines) is 1. The topological polar surface area (TPSA) is 69.6 Å². The predicted molar refractivity (Wildman–Crippen MR) is 62.4 cm³/mol. The number of nitrogens with zero attached hydrogens (tertiary/aromatic N) is 1. The van der Waals surface area contributed by atoms with Crippen LogP contribution in [-0.4, -0.2) is 48.1 Å². The second kappa shape index (κ2) is 3.98. The standard InChI is InChI=1S/C12H20N2O3/c1-12(2)8(9(12)11(16)17)10(15)13-7-4-5-14(3)6-7/h7-9H,4-6H2,1-3H3,(H,13,15)(H,16,17). The van der Waals surface area contributed by atoms with Crippen molar-refractivity contribution in [2.45, 2.75) is 26.3 Å². The molecule has 0 aromatic heterocycles. The number of carbonyl (C=O) groups excluding carboxylic acids is 1. The maximum Gasteiger partial charge on any atom is 0.307 e. The van der Waals surface area contributed by atoms with E-state index in [-0.39, 0.29) is 17.9 Å². The highest BCUT2D eigenvalue weighted by Crippen LogP contribution is 2.58. The molecule has 0 aromatic carbocycles. The van der Waals surface area contributed by atoms with Crippen molar-refractivity contribution >= 4 is 11.9 Å². The van der Waals surface area contributed by atoms with Crippen LogP contribution in [0.3, 0.4) is 0 Å². The minimum Gasteiger partial charge on any atom is -0.481 e. The van der Waals surface area contributed by atoms with E-state index >= 15 is 0 Å². The van der Waals surface area contributed by atoms with Crippen LogP contribution in [0.1, 0.15) is 20.3 Å². The Morgan fingerprint density at radius 1 is 1.35 bits per heavy atom. The van der Waals surface area contributed by atoms with Gasteiger partial charge in [-0.2, -0.15) is 0 Å². The summed E-state index contributed by atoms with van der Waals surface area (Å²) in [5.74, 6) is -1.85. The Balaban J connectivity index is 1.92. The summed E-state index contributed by atoms with van der Waals surface area (Å²) >= 11 is 0. The molecule has 96 valence electrons. The molecule has 17 heavy (non-hydrogen) atoms. The number of likely N-dealkylation sites (N-methyl/N-ethyl adjacent to an activating group) is 1. The highest BCUT2D eigenvalue weighted by molar-refractivity contribution is 5.91. The zero-order valence-electron chi connectivity index (χ0n) is 10.6. The van der Waals surface area contributed by atoms with Gasteiger partial charge in [0.25, 0.3) is 0 Å². The molecule has 1 amide bonds. The van der Waals surface area contributed by atoms with E-state index in [0.717, 1.165) is 19.5 Å². The number of nitrogens with one attached hydrogen (secondary N) is 1. The summed E-state index contributed by atoms with van der Waals surface area (Å²) in [5, 5.41) is 12.0. The summed E-state index contributed by atoms with van der Waals surface area (Å²) in [6.07, 6.45) is 0.952. The highest BCUT2D eigenvalue weighted by Gasteiger charge is 2.66. The normalized spacial score (nSPS) is 35.6. The molecule has 2 aliphatic rings. The van der Waals surface area contributed by atoms with E-state index < -0.39 is 17.3 Å². The average molecular weight is 240 g/mol. The molecule has 0 aromatic rings. The van der Waals surface area contributed by atoms with Gasteiger partial charge in [0, 0.05) is 12.6 Å². The first-order chi connectivity index (χ1) is 7.84. The van der Waals surface area contributed by atoms with Gasteiger partial charge in [0.1, 0.15) is 0 Å². The maximum absolute atomic E-state index is 12.0.